The van der Waals surface area contributed by atoms with Crippen LogP contribution in [0.2, 0.25) is 5.02 Å². The molecular formula is C21H25ClN2O5S. The van der Waals surface area contributed by atoms with Crippen LogP contribution in [-0.2, 0) is 14.8 Å². The van der Waals surface area contributed by atoms with E-state index in [1.165, 1.54) is 29.6 Å². The molecule has 1 fully saturated rings. The molecule has 0 aromatic heterocycles. The van der Waals surface area contributed by atoms with E-state index in [0.717, 1.165) is 5.69 Å². The molecule has 3 rings (SSSR count). The Morgan fingerprint density at radius 3 is 2.43 bits per heavy atom. The normalized spacial score (nSPS) is 17.4. The second-order valence-corrected chi connectivity index (χ2v) is 9.44. The Kier molecular flexibility index (Phi) is 6.90. The molecule has 1 heterocycles. The summed E-state index contributed by atoms with van der Waals surface area (Å²) in [5.74, 6) is 0.568. The molecule has 0 bridgehead atoms. The molecule has 1 aliphatic rings. The number of halogens is 1. The number of benzene rings is 2. The van der Waals surface area contributed by atoms with Crippen LogP contribution in [0.15, 0.2) is 47.4 Å². The molecule has 0 unspecified atom stereocenters. The Hall–Kier alpha value is -2.29. The van der Waals surface area contributed by atoms with Gasteiger partial charge in [0, 0.05) is 25.8 Å². The van der Waals surface area contributed by atoms with Gasteiger partial charge in [0.15, 0.2) is 0 Å². The smallest absolute Gasteiger partial charge is 0.243 e. The monoisotopic (exact) mass is 452 g/mol. The third kappa shape index (κ3) is 4.55. The number of anilines is 1. The average Bonchev–Trinajstić information content (AvgIpc) is 2.78. The van der Waals surface area contributed by atoms with Crippen molar-refractivity contribution in [1.82, 2.24) is 4.31 Å². The van der Waals surface area contributed by atoms with E-state index in [2.05, 4.69) is 0 Å². The SMILES string of the molecule is COc1ccc(N(C)C(=O)[C@@H]2CCCN(S(=O)(=O)c3ccc(OC)c(Cl)c3)C2)cc1. The van der Waals surface area contributed by atoms with Crippen molar-refractivity contribution < 1.29 is 22.7 Å². The molecule has 1 amide bonds. The number of carbonyl (C=O) groups is 1. The van der Waals surface area contributed by atoms with Gasteiger partial charge in [-0.2, -0.15) is 4.31 Å². The number of sulfonamides is 1. The highest BCUT2D eigenvalue weighted by Crippen LogP contribution is 2.31. The van der Waals surface area contributed by atoms with Crippen LogP contribution in [0, 0.1) is 5.92 Å². The van der Waals surface area contributed by atoms with Crippen LogP contribution in [0.3, 0.4) is 0 Å². The summed E-state index contributed by atoms with van der Waals surface area (Å²) in [5, 5.41) is 0.224. The number of hydrogen-bond acceptors (Lipinski definition) is 5. The topological polar surface area (TPSA) is 76.2 Å². The molecular weight excluding hydrogens is 428 g/mol. The van der Waals surface area contributed by atoms with Gasteiger partial charge in [0.05, 0.1) is 30.1 Å². The van der Waals surface area contributed by atoms with Crippen molar-refractivity contribution in [3.63, 3.8) is 0 Å². The molecule has 30 heavy (non-hydrogen) atoms. The van der Waals surface area contributed by atoms with Gasteiger partial charge in [-0.05, 0) is 55.3 Å². The quantitative estimate of drug-likeness (QED) is 0.671. The van der Waals surface area contributed by atoms with Gasteiger partial charge in [0.25, 0.3) is 0 Å². The third-order valence-corrected chi connectivity index (χ3v) is 7.44. The maximum absolute atomic E-state index is 13.1. The van der Waals surface area contributed by atoms with Crippen molar-refractivity contribution in [2.75, 3.05) is 39.3 Å². The number of amides is 1. The van der Waals surface area contributed by atoms with Crippen LogP contribution >= 0.6 is 11.6 Å². The van der Waals surface area contributed by atoms with E-state index < -0.39 is 15.9 Å². The summed E-state index contributed by atoms with van der Waals surface area (Å²) in [6, 6.07) is 11.5. The van der Waals surface area contributed by atoms with Gasteiger partial charge in [-0.3, -0.25) is 4.79 Å². The van der Waals surface area contributed by atoms with Crippen molar-refractivity contribution in [3.05, 3.63) is 47.5 Å². The van der Waals surface area contributed by atoms with Crippen molar-refractivity contribution in [3.8, 4) is 11.5 Å². The highest BCUT2D eigenvalue weighted by Gasteiger charge is 2.35. The molecule has 1 saturated heterocycles. The molecule has 1 atom stereocenters. The largest absolute Gasteiger partial charge is 0.497 e. The molecule has 162 valence electrons. The van der Waals surface area contributed by atoms with Gasteiger partial charge >= 0.3 is 0 Å². The third-order valence-electron chi connectivity index (χ3n) is 5.28. The van der Waals surface area contributed by atoms with E-state index in [1.54, 1.807) is 43.3 Å². The van der Waals surface area contributed by atoms with Crippen LogP contribution in [-0.4, -0.2) is 53.0 Å². The lowest BCUT2D eigenvalue weighted by Crippen LogP contribution is -2.45. The lowest BCUT2D eigenvalue weighted by Gasteiger charge is -2.33. The number of nitrogens with zero attached hydrogens (tertiary/aromatic N) is 2. The summed E-state index contributed by atoms with van der Waals surface area (Å²) >= 11 is 6.11. The molecule has 2 aromatic carbocycles. The van der Waals surface area contributed by atoms with Gasteiger partial charge in [0.1, 0.15) is 11.5 Å². The number of hydrogen-bond donors (Lipinski definition) is 0. The molecule has 9 heteroatoms. The molecule has 0 N–H and O–H groups in total. The second kappa shape index (κ2) is 9.24. The van der Waals surface area contributed by atoms with Crippen LogP contribution in [0.4, 0.5) is 5.69 Å². The molecule has 0 saturated carbocycles. The van der Waals surface area contributed by atoms with E-state index in [0.29, 0.717) is 30.9 Å². The van der Waals surface area contributed by atoms with E-state index in [4.69, 9.17) is 21.1 Å². The zero-order chi connectivity index (χ0) is 21.9. The maximum Gasteiger partial charge on any atom is 0.243 e. The Bertz CT molecular complexity index is 1010. The second-order valence-electron chi connectivity index (χ2n) is 7.09. The minimum Gasteiger partial charge on any atom is -0.497 e. The number of rotatable bonds is 6. The lowest BCUT2D eigenvalue weighted by atomic mass is 9.98. The van der Waals surface area contributed by atoms with E-state index in [-0.39, 0.29) is 22.4 Å². The zero-order valence-electron chi connectivity index (χ0n) is 17.2. The van der Waals surface area contributed by atoms with Crippen molar-refractivity contribution >= 4 is 33.2 Å². The summed E-state index contributed by atoms with van der Waals surface area (Å²) < 4.78 is 37.8. The summed E-state index contributed by atoms with van der Waals surface area (Å²) in [4.78, 5) is 14.7. The highest BCUT2D eigenvalue weighted by molar-refractivity contribution is 7.89. The van der Waals surface area contributed by atoms with Crippen molar-refractivity contribution in [1.29, 1.82) is 0 Å². The van der Waals surface area contributed by atoms with Crippen LogP contribution in [0.5, 0.6) is 11.5 Å². The fourth-order valence-corrected chi connectivity index (χ4v) is 5.40. The highest BCUT2D eigenvalue weighted by atomic mass is 35.5. The van der Waals surface area contributed by atoms with Crippen LogP contribution < -0.4 is 14.4 Å². The Morgan fingerprint density at radius 1 is 1.13 bits per heavy atom. The Labute approximate surface area is 182 Å². The first kappa shape index (κ1) is 22.4. The number of piperidine rings is 1. The maximum atomic E-state index is 13.1. The first-order valence-electron chi connectivity index (χ1n) is 9.53. The predicted octanol–water partition coefficient (Wildman–Crippen LogP) is 3.42. The molecule has 0 aliphatic carbocycles. The molecule has 1 aliphatic heterocycles. The van der Waals surface area contributed by atoms with E-state index >= 15 is 0 Å². The minimum atomic E-state index is -3.77. The Morgan fingerprint density at radius 2 is 1.83 bits per heavy atom. The van der Waals surface area contributed by atoms with Gasteiger partial charge in [-0.25, -0.2) is 8.42 Å². The van der Waals surface area contributed by atoms with E-state index in [1.807, 2.05) is 0 Å². The van der Waals surface area contributed by atoms with Gasteiger partial charge in [0.2, 0.25) is 15.9 Å². The van der Waals surface area contributed by atoms with Gasteiger partial charge < -0.3 is 14.4 Å². The van der Waals surface area contributed by atoms with Gasteiger partial charge in [-0.1, -0.05) is 11.6 Å². The van der Waals surface area contributed by atoms with Crippen LogP contribution in [0.25, 0.3) is 0 Å². The van der Waals surface area contributed by atoms with Gasteiger partial charge in [-0.15, -0.1) is 0 Å². The number of ether oxygens (including phenoxy) is 2. The molecule has 0 spiro atoms. The summed E-state index contributed by atoms with van der Waals surface area (Å²) in [6.45, 7) is 0.493. The van der Waals surface area contributed by atoms with Crippen molar-refractivity contribution in [2.24, 2.45) is 5.92 Å². The number of carbonyl (C=O) groups excluding carboxylic acids is 1. The zero-order valence-corrected chi connectivity index (χ0v) is 18.7. The summed E-state index contributed by atoms with van der Waals surface area (Å²) in [6.07, 6.45) is 1.24. The number of methoxy groups -OCH3 is 2. The first-order chi connectivity index (χ1) is 14.3. The standard InChI is InChI=1S/C21H25ClN2O5S/c1-23(16-6-8-17(28-2)9-7-16)21(25)15-5-4-12-24(14-15)30(26,27)18-10-11-20(29-3)19(22)13-18/h6-11,13,15H,4-5,12,14H2,1-3H3/t15-/m1/s1. The molecule has 2 aromatic rings. The fraction of sp³-hybridized carbons (Fsp3) is 0.381. The average molecular weight is 453 g/mol. The minimum absolute atomic E-state index is 0.0879. The lowest BCUT2D eigenvalue weighted by molar-refractivity contribution is -0.123. The molecule has 7 nitrogen and oxygen atoms in total. The van der Waals surface area contributed by atoms with Crippen LogP contribution in [0.1, 0.15) is 12.8 Å². The first-order valence-corrected chi connectivity index (χ1v) is 11.3. The van der Waals surface area contributed by atoms with Crippen molar-refractivity contribution in [2.45, 2.75) is 17.7 Å². The predicted molar refractivity (Wildman–Crippen MR) is 116 cm³/mol. The summed E-state index contributed by atoms with van der Waals surface area (Å²) in [7, 11) is 0.974. The molecule has 0 radical (unpaired) electrons. The fourth-order valence-electron chi connectivity index (χ4n) is 3.53. The van der Waals surface area contributed by atoms with E-state index in [9.17, 15) is 13.2 Å². The Balaban J connectivity index is 1.76. The summed E-state index contributed by atoms with van der Waals surface area (Å²) in [5.41, 5.74) is 0.725.